The number of rotatable bonds is 4. The summed E-state index contributed by atoms with van der Waals surface area (Å²) in [5.41, 5.74) is 0.919. The van der Waals surface area contributed by atoms with Crippen molar-refractivity contribution >= 4 is 15.5 Å². The second kappa shape index (κ2) is 6.17. The minimum atomic E-state index is -3.13. The molecule has 1 aliphatic carbocycles. The predicted molar refractivity (Wildman–Crippen MR) is 83.8 cm³/mol. The molecule has 0 spiro atoms. The maximum Gasteiger partial charge on any atom is 0.175 e. The second-order valence-electron chi connectivity index (χ2n) is 6.31. The molecule has 2 unspecified atom stereocenters. The zero-order chi connectivity index (χ0) is 14.8. The van der Waals surface area contributed by atoms with Crippen molar-refractivity contribution in [1.82, 2.24) is 0 Å². The maximum atomic E-state index is 11.6. The molecule has 0 bridgehead atoms. The Bertz CT molecular complexity index is 551. The summed E-state index contributed by atoms with van der Waals surface area (Å²) in [4.78, 5) is 0.388. The van der Waals surface area contributed by atoms with Crippen LogP contribution in [0.5, 0.6) is 0 Å². The highest BCUT2D eigenvalue weighted by molar-refractivity contribution is 7.90. The van der Waals surface area contributed by atoms with E-state index in [1.165, 1.54) is 31.9 Å². The number of benzene rings is 1. The van der Waals surface area contributed by atoms with Crippen LogP contribution in [0.25, 0.3) is 0 Å². The first kappa shape index (κ1) is 15.4. The fraction of sp³-hybridized carbons (Fsp3) is 0.625. The number of anilines is 1. The minimum Gasteiger partial charge on any atom is -0.382 e. The molecule has 0 radical (unpaired) electrons. The summed E-state index contributed by atoms with van der Waals surface area (Å²) >= 11 is 0. The normalized spacial score (nSPS) is 23.8. The lowest BCUT2D eigenvalue weighted by Crippen LogP contribution is -2.29. The molecule has 20 heavy (non-hydrogen) atoms. The van der Waals surface area contributed by atoms with Crippen LogP contribution in [0.15, 0.2) is 29.2 Å². The first-order valence-electron chi connectivity index (χ1n) is 7.43. The lowest BCUT2D eigenvalue weighted by atomic mass is 9.79. The van der Waals surface area contributed by atoms with Gasteiger partial charge in [0.25, 0.3) is 0 Å². The van der Waals surface area contributed by atoms with E-state index >= 15 is 0 Å². The van der Waals surface area contributed by atoms with Crippen molar-refractivity contribution in [3.63, 3.8) is 0 Å². The van der Waals surface area contributed by atoms with Gasteiger partial charge in [0.1, 0.15) is 0 Å². The molecule has 2 rings (SSSR count). The Balaban J connectivity index is 2.06. The molecule has 1 aliphatic rings. The molecule has 0 aromatic heterocycles. The van der Waals surface area contributed by atoms with Crippen molar-refractivity contribution in [2.45, 2.75) is 50.5 Å². The van der Waals surface area contributed by atoms with Gasteiger partial charge in [-0.15, -0.1) is 0 Å². The summed E-state index contributed by atoms with van der Waals surface area (Å²) in [5.74, 6) is 1.50. The van der Waals surface area contributed by atoms with Gasteiger partial charge in [0.2, 0.25) is 0 Å². The van der Waals surface area contributed by atoms with E-state index in [1.807, 2.05) is 12.1 Å². The molecule has 0 amide bonds. The van der Waals surface area contributed by atoms with E-state index in [-0.39, 0.29) is 0 Å². The summed E-state index contributed by atoms with van der Waals surface area (Å²) in [6.07, 6.45) is 6.18. The number of hydrogen-bond acceptors (Lipinski definition) is 3. The van der Waals surface area contributed by atoms with Gasteiger partial charge in [-0.2, -0.15) is 0 Å². The first-order chi connectivity index (χ1) is 9.36. The highest BCUT2D eigenvalue weighted by Crippen LogP contribution is 2.31. The van der Waals surface area contributed by atoms with Crippen LogP contribution >= 0.6 is 0 Å². The monoisotopic (exact) mass is 295 g/mol. The Morgan fingerprint density at radius 2 is 2.00 bits per heavy atom. The van der Waals surface area contributed by atoms with Crippen molar-refractivity contribution in [3.05, 3.63) is 24.3 Å². The molecule has 1 saturated carbocycles. The van der Waals surface area contributed by atoms with E-state index in [9.17, 15) is 8.42 Å². The molecule has 1 fully saturated rings. The Morgan fingerprint density at radius 3 is 2.65 bits per heavy atom. The Hall–Kier alpha value is -1.03. The summed E-state index contributed by atoms with van der Waals surface area (Å²) in [6.45, 7) is 4.58. The van der Waals surface area contributed by atoms with Crippen LogP contribution < -0.4 is 5.32 Å². The van der Waals surface area contributed by atoms with Crippen LogP contribution in [0.2, 0.25) is 0 Å². The summed E-state index contributed by atoms with van der Waals surface area (Å²) in [7, 11) is -3.13. The molecule has 0 saturated heterocycles. The van der Waals surface area contributed by atoms with Gasteiger partial charge >= 0.3 is 0 Å². The van der Waals surface area contributed by atoms with E-state index in [2.05, 4.69) is 19.2 Å². The van der Waals surface area contributed by atoms with E-state index in [4.69, 9.17) is 0 Å². The minimum absolute atomic E-state index is 0.388. The van der Waals surface area contributed by atoms with Crippen LogP contribution in [0.3, 0.4) is 0 Å². The Kier molecular flexibility index (Phi) is 4.74. The van der Waals surface area contributed by atoms with Gasteiger partial charge in [-0.25, -0.2) is 8.42 Å². The van der Waals surface area contributed by atoms with Gasteiger partial charge < -0.3 is 5.32 Å². The molecule has 1 N–H and O–H groups in total. The van der Waals surface area contributed by atoms with E-state index < -0.39 is 9.84 Å². The molecule has 1 aromatic rings. The summed E-state index contributed by atoms with van der Waals surface area (Å²) in [5, 5.41) is 3.51. The molecule has 2 atom stereocenters. The Morgan fingerprint density at radius 1 is 1.25 bits per heavy atom. The van der Waals surface area contributed by atoms with Crippen molar-refractivity contribution in [2.75, 3.05) is 11.6 Å². The average Bonchev–Trinajstić information content (AvgIpc) is 2.38. The lowest BCUT2D eigenvalue weighted by molar-refractivity contribution is 0.264. The van der Waals surface area contributed by atoms with Crippen LogP contribution in [0.4, 0.5) is 5.69 Å². The first-order valence-corrected chi connectivity index (χ1v) is 9.32. The largest absolute Gasteiger partial charge is 0.382 e. The summed E-state index contributed by atoms with van der Waals surface area (Å²) < 4.78 is 23.2. The van der Waals surface area contributed by atoms with Crippen LogP contribution in [-0.2, 0) is 9.84 Å². The molecule has 0 heterocycles. The van der Waals surface area contributed by atoms with Gasteiger partial charge in [-0.3, -0.25) is 0 Å². The molecule has 1 aromatic carbocycles. The van der Waals surface area contributed by atoms with E-state index in [0.717, 1.165) is 17.5 Å². The smallest absolute Gasteiger partial charge is 0.175 e. The fourth-order valence-corrected chi connectivity index (χ4v) is 3.68. The van der Waals surface area contributed by atoms with Gasteiger partial charge in [0.05, 0.1) is 4.90 Å². The third-order valence-corrected chi connectivity index (χ3v) is 5.40. The van der Waals surface area contributed by atoms with Crippen LogP contribution in [0, 0.1) is 11.8 Å². The lowest BCUT2D eigenvalue weighted by Gasteiger charge is -2.32. The number of sulfone groups is 1. The molecule has 112 valence electrons. The third-order valence-electron chi connectivity index (χ3n) is 4.29. The van der Waals surface area contributed by atoms with E-state index in [0.29, 0.717) is 10.9 Å². The van der Waals surface area contributed by atoms with Crippen LogP contribution in [0.1, 0.15) is 39.5 Å². The SMILES string of the molecule is CC(C)C1CCCC(Nc2cccc(S(C)(=O)=O)c2)C1. The molecule has 0 aliphatic heterocycles. The van der Waals surface area contributed by atoms with Gasteiger partial charge in [-0.1, -0.05) is 32.8 Å². The van der Waals surface area contributed by atoms with Crippen molar-refractivity contribution in [2.24, 2.45) is 11.8 Å². The molecule has 3 nitrogen and oxygen atoms in total. The topological polar surface area (TPSA) is 46.2 Å². The summed E-state index contributed by atoms with van der Waals surface area (Å²) in [6, 6.07) is 7.62. The van der Waals surface area contributed by atoms with Gasteiger partial charge in [0, 0.05) is 18.0 Å². The third kappa shape index (κ3) is 3.98. The fourth-order valence-electron chi connectivity index (χ4n) is 3.02. The second-order valence-corrected chi connectivity index (χ2v) is 8.33. The average molecular weight is 295 g/mol. The van der Waals surface area contributed by atoms with Crippen molar-refractivity contribution in [1.29, 1.82) is 0 Å². The quantitative estimate of drug-likeness (QED) is 0.921. The highest BCUT2D eigenvalue weighted by atomic mass is 32.2. The van der Waals surface area contributed by atoms with Gasteiger partial charge in [-0.05, 0) is 42.9 Å². The van der Waals surface area contributed by atoms with Crippen molar-refractivity contribution < 1.29 is 8.42 Å². The molecular weight excluding hydrogens is 270 g/mol. The zero-order valence-corrected chi connectivity index (χ0v) is 13.4. The molecule has 4 heteroatoms. The number of hydrogen-bond donors (Lipinski definition) is 1. The van der Waals surface area contributed by atoms with Gasteiger partial charge in [0.15, 0.2) is 9.84 Å². The van der Waals surface area contributed by atoms with Crippen LogP contribution in [-0.4, -0.2) is 20.7 Å². The number of nitrogens with one attached hydrogen (secondary N) is 1. The predicted octanol–water partition coefficient (Wildman–Crippen LogP) is 3.72. The molecular formula is C16H25NO2S. The highest BCUT2D eigenvalue weighted by Gasteiger charge is 2.24. The maximum absolute atomic E-state index is 11.6. The van der Waals surface area contributed by atoms with Crippen molar-refractivity contribution in [3.8, 4) is 0 Å². The zero-order valence-electron chi connectivity index (χ0n) is 12.6. The van der Waals surface area contributed by atoms with E-state index in [1.54, 1.807) is 12.1 Å². The standard InChI is InChI=1S/C16H25NO2S/c1-12(2)13-6-4-7-14(10-13)17-15-8-5-9-16(11-15)20(3,18)19/h5,8-9,11-14,17H,4,6-7,10H2,1-3H3. The Labute approximate surface area is 122 Å².